The summed E-state index contributed by atoms with van der Waals surface area (Å²) < 4.78 is 17.8. The molecule has 1 aliphatic heterocycles. The summed E-state index contributed by atoms with van der Waals surface area (Å²) in [6, 6.07) is 19.5. The molecule has 0 bridgehead atoms. The van der Waals surface area contributed by atoms with Crippen LogP contribution in [0.5, 0.6) is 17.2 Å². The topological polar surface area (TPSA) is 66.4 Å². The Morgan fingerprint density at radius 1 is 0.939 bits per heavy atom. The Hall–Kier alpha value is -2.90. The summed E-state index contributed by atoms with van der Waals surface area (Å²) in [5.74, 6) is 1.70. The van der Waals surface area contributed by atoms with Crippen LogP contribution in [-0.2, 0) is 14.5 Å². The average molecular weight is 449 g/mol. The molecule has 0 aromatic heterocycles. The lowest BCUT2D eigenvalue weighted by Gasteiger charge is -2.34. The van der Waals surface area contributed by atoms with E-state index in [0.717, 1.165) is 59.3 Å². The van der Waals surface area contributed by atoms with Crippen molar-refractivity contribution in [2.75, 3.05) is 19.8 Å². The van der Waals surface area contributed by atoms with Crippen molar-refractivity contribution in [2.24, 2.45) is 0 Å². The van der Waals surface area contributed by atoms with E-state index in [1.165, 1.54) is 0 Å². The summed E-state index contributed by atoms with van der Waals surface area (Å²) in [5.41, 5.74) is 1.03. The van der Waals surface area contributed by atoms with Gasteiger partial charge >= 0.3 is 0 Å². The number of ether oxygens (including phenoxy) is 3. The van der Waals surface area contributed by atoms with Gasteiger partial charge < -0.3 is 19.3 Å². The first-order valence-corrected chi connectivity index (χ1v) is 11.4. The van der Waals surface area contributed by atoms with E-state index in [1.807, 2.05) is 72.8 Å². The molecule has 1 unspecified atom stereocenters. The molecule has 5 rings (SSSR count). The summed E-state index contributed by atoms with van der Waals surface area (Å²) in [5, 5.41) is 10.9. The quantitative estimate of drug-likeness (QED) is 0.472. The SMILES string of the molecule is OCCOc1cccc2c(Oc3ccc(C=CC4COC5(CCCC5)OO4)cc3)cccc12. The highest BCUT2D eigenvalue weighted by molar-refractivity contribution is 5.93. The van der Waals surface area contributed by atoms with Gasteiger partial charge in [0.1, 0.15) is 30.0 Å². The Labute approximate surface area is 193 Å². The van der Waals surface area contributed by atoms with Crippen molar-refractivity contribution in [3.05, 3.63) is 72.3 Å². The van der Waals surface area contributed by atoms with Gasteiger partial charge in [0.25, 0.3) is 0 Å². The molecule has 172 valence electrons. The third kappa shape index (κ3) is 5.04. The zero-order valence-corrected chi connectivity index (χ0v) is 18.4. The predicted octanol–water partition coefficient (Wildman–Crippen LogP) is 5.63. The normalized spacial score (nSPS) is 20.0. The molecule has 6 nitrogen and oxygen atoms in total. The first-order chi connectivity index (χ1) is 16.2. The van der Waals surface area contributed by atoms with Gasteiger partial charge in [0.15, 0.2) is 0 Å². The van der Waals surface area contributed by atoms with Gasteiger partial charge in [-0.05, 0) is 48.7 Å². The van der Waals surface area contributed by atoms with Gasteiger partial charge in [0.05, 0.1) is 13.2 Å². The van der Waals surface area contributed by atoms with Crippen LogP contribution in [-0.4, -0.2) is 36.8 Å². The lowest BCUT2D eigenvalue weighted by molar-refractivity contribution is -0.477. The number of hydrogen-bond acceptors (Lipinski definition) is 6. The minimum Gasteiger partial charge on any atom is -0.491 e. The molecule has 0 amide bonds. The lowest BCUT2D eigenvalue weighted by atomic mass is 10.1. The van der Waals surface area contributed by atoms with Crippen LogP contribution in [0.25, 0.3) is 16.8 Å². The maximum atomic E-state index is 9.05. The lowest BCUT2D eigenvalue weighted by Crippen LogP contribution is -2.42. The van der Waals surface area contributed by atoms with Crippen LogP contribution in [0.15, 0.2) is 66.7 Å². The number of benzene rings is 3. The van der Waals surface area contributed by atoms with E-state index in [-0.39, 0.29) is 19.3 Å². The van der Waals surface area contributed by atoms with E-state index in [9.17, 15) is 0 Å². The maximum Gasteiger partial charge on any atom is 0.201 e. The molecular weight excluding hydrogens is 420 g/mol. The minimum atomic E-state index is -0.517. The third-order valence-electron chi connectivity index (χ3n) is 6.00. The van der Waals surface area contributed by atoms with Crippen LogP contribution in [0.3, 0.4) is 0 Å². The molecule has 2 aliphatic rings. The van der Waals surface area contributed by atoms with Crippen molar-refractivity contribution in [2.45, 2.75) is 37.6 Å². The average Bonchev–Trinajstić information content (AvgIpc) is 3.31. The third-order valence-corrected chi connectivity index (χ3v) is 6.00. The second-order valence-corrected chi connectivity index (χ2v) is 8.36. The van der Waals surface area contributed by atoms with Gasteiger partial charge in [0.2, 0.25) is 5.79 Å². The Balaban J connectivity index is 1.23. The summed E-state index contributed by atoms with van der Waals surface area (Å²) >= 11 is 0. The van der Waals surface area contributed by atoms with E-state index in [0.29, 0.717) is 6.61 Å². The fourth-order valence-electron chi connectivity index (χ4n) is 4.28. The van der Waals surface area contributed by atoms with Crippen LogP contribution in [0.1, 0.15) is 31.2 Å². The highest BCUT2D eigenvalue weighted by Gasteiger charge is 2.41. The highest BCUT2D eigenvalue weighted by Crippen LogP contribution is 2.37. The van der Waals surface area contributed by atoms with E-state index >= 15 is 0 Å². The molecule has 1 saturated heterocycles. The van der Waals surface area contributed by atoms with E-state index in [2.05, 4.69) is 0 Å². The highest BCUT2D eigenvalue weighted by atomic mass is 17.2. The Kier molecular flexibility index (Phi) is 6.60. The number of fused-ring (bicyclic) bond motifs is 1. The second kappa shape index (κ2) is 9.93. The fraction of sp³-hybridized carbons (Fsp3) is 0.333. The molecule has 1 atom stereocenters. The van der Waals surface area contributed by atoms with Crippen molar-refractivity contribution in [1.29, 1.82) is 0 Å². The largest absolute Gasteiger partial charge is 0.491 e. The Morgan fingerprint density at radius 2 is 1.67 bits per heavy atom. The van der Waals surface area contributed by atoms with Crippen LogP contribution in [0.2, 0.25) is 0 Å². The van der Waals surface area contributed by atoms with Crippen molar-refractivity contribution < 1.29 is 29.1 Å². The molecule has 3 aromatic rings. The van der Waals surface area contributed by atoms with Gasteiger partial charge in [-0.3, -0.25) is 0 Å². The Morgan fingerprint density at radius 3 is 2.36 bits per heavy atom. The summed E-state index contributed by atoms with van der Waals surface area (Å²) in [7, 11) is 0. The zero-order valence-electron chi connectivity index (χ0n) is 18.4. The van der Waals surface area contributed by atoms with Crippen molar-refractivity contribution in [3.63, 3.8) is 0 Å². The van der Waals surface area contributed by atoms with Crippen LogP contribution in [0, 0.1) is 0 Å². The molecule has 1 aliphatic carbocycles. The summed E-state index contributed by atoms with van der Waals surface area (Å²) in [6.07, 6.45) is 7.78. The number of aliphatic hydroxyl groups excluding tert-OH is 1. The predicted molar refractivity (Wildman–Crippen MR) is 125 cm³/mol. The standard InChI is InChI=1S/C27H28O6/c28-17-18-29-25-7-3-6-24-23(25)5-4-8-26(24)31-21-12-9-20(10-13-21)11-14-22-19-30-27(33-32-22)15-1-2-16-27/h3-14,22,28H,1-2,15-19H2. The molecule has 2 fully saturated rings. The maximum absolute atomic E-state index is 9.05. The van der Waals surface area contributed by atoms with Crippen LogP contribution >= 0.6 is 0 Å². The molecule has 0 radical (unpaired) electrons. The first-order valence-electron chi connectivity index (χ1n) is 11.4. The molecule has 33 heavy (non-hydrogen) atoms. The minimum absolute atomic E-state index is 0.0267. The zero-order chi connectivity index (χ0) is 22.5. The van der Waals surface area contributed by atoms with Crippen LogP contribution < -0.4 is 9.47 Å². The van der Waals surface area contributed by atoms with E-state index < -0.39 is 5.79 Å². The molecule has 1 N–H and O–H groups in total. The number of rotatable bonds is 7. The monoisotopic (exact) mass is 448 g/mol. The van der Waals surface area contributed by atoms with Gasteiger partial charge in [-0.25, -0.2) is 9.78 Å². The molecule has 6 heteroatoms. The molecule has 1 saturated carbocycles. The van der Waals surface area contributed by atoms with Gasteiger partial charge in [-0.15, -0.1) is 0 Å². The summed E-state index contributed by atoms with van der Waals surface area (Å²) in [4.78, 5) is 11.1. The Bertz CT molecular complexity index is 1090. The first kappa shape index (κ1) is 21.9. The molecule has 1 spiro atoms. The van der Waals surface area contributed by atoms with Crippen LogP contribution in [0.4, 0.5) is 0 Å². The smallest absolute Gasteiger partial charge is 0.201 e. The number of aliphatic hydroxyl groups is 1. The molecule has 3 aromatic carbocycles. The van der Waals surface area contributed by atoms with Gasteiger partial charge in [-0.2, -0.15) is 0 Å². The second-order valence-electron chi connectivity index (χ2n) is 8.36. The van der Waals surface area contributed by atoms with Crippen molar-refractivity contribution >= 4 is 16.8 Å². The van der Waals surface area contributed by atoms with Crippen molar-refractivity contribution in [1.82, 2.24) is 0 Å². The molecular formula is C27H28O6. The molecule has 1 heterocycles. The number of hydrogen-bond donors (Lipinski definition) is 1. The van der Waals surface area contributed by atoms with E-state index in [4.69, 9.17) is 29.1 Å². The van der Waals surface area contributed by atoms with E-state index in [1.54, 1.807) is 0 Å². The fourth-order valence-corrected chi connectivity index (χ4v) is 4.28. The van der Waals surface area contributed by atoms with Crippen molar-refractivity contribution in [3.8, 4) is 17.2 Å². The van der Waals surface area contributed by atoms with Gasteiger partial charge in [-0.1, -0.05) is 42.5 Å². The van der Waals surface area contributed by atoms with Gasteiger partial charge in [0, 0.05) is 23.6 Å². The summed E-state index contributed by atoms with van der Waals surface area (Å²) in [6.45, 7) is 0.730.